The minimum Gasteiger partial charge on any atom is -0.310 e. The minimum absolute atomic E-state index is 1.07. The first kappa shape index (κ1) is 38.9. The van der Waals surface area contributed by atoms with Crippen molar-refractivity contribution in [3.05, 3.63) is 267 Å². The number of nitrogens with zero attached hydrogens (tertiary/aromatic N) is 2. The Morgan fingerprint density at radius 3 is 1.52 bits per heavy atom. The van der Waals surface area contributed by atoms with Gasteiger partial charge < -0.3 is 9.47 Å². The fraction of sp³-hybridized carbons (Fsp3) is 0. The Morgan fingerprint density at radius 1 is 0.258 bits per heavy atom. The molecule has 1 aromatic heterocycles. The molecule has 0 N–H and O–H groups in total. The van der Waals surface area contributed by atoms with E-state index in [4.69, 9.17) is 0 Å². The zero-order valence-corrected chi connectivity index (χ0v) is 36.3. The Hall–Kier alpha value is -8.72. The van der Waals surface area contributed by atoms with E-state index in [2.05, 4.69) is 276 Å². The van der Waals surface area contributed by atoms with Crippen LogP contribution < -0.4 is 4.90 Å². The fourth-order valence-electron chi connectivity index (χ4n) is 9.77. The topological polar surface area (TPSA) is 8.17 Å². The molecule has 12 rings (SSSR count). The largest absolute Gasteiger partial charge is 0.310 e. The molecule has 2 nitrogen and oxygen atoms in total. The number of hydrogen-bond acceptors (Lipinski definition) is 1. The predicted octanol–water partition coefficient (Wildman–Crippen LogP) is 17.7. The highest BCUT2D eigenvalue weighted by Gasteiger charge is 2.21. The number of hydrogen-bond donors (Lipinski definition) is 0. The summed E-state index contributed by atoms with van der Waals surface area (Å²) in [5.74, 6) is 0. The van der Waals surface area contributed by atoms with Crippen LogP contribution in [0.3, 0.4) is 0 Å². The van der Waals surface area contributed by atoms with Gasteiger partial charge in [0.1, 0.15) is 0 Å². The summed E-state index contributed by atoms with van der Waals surface area (Å²) in [6.07, 6.45) is 0. The Balaban J connectivity index is 1.01. The molecule has 0 aliphatic rings. The van der Waals surface area contributed by atoms with E-state index in [1.54, 1.807) is 0 Å². The molecule has 0 radical (unpaired) electrons. The Bertz CT molecular complexity index is 3640. The second kappa shape index (κ2) is 16.8. The number of fused-ring (bicyclic) bond motifs is 4. The third kappa shape index (κ3) is 7.12. The summed E-state index contributed by atoms with van der Waals surface area (Å²) in [4.78, 5) is 2.42. The highest BCUT2D eigenvalue weighted by atomic mass is 15.1. The van der Waals surface area contributed by atoms with Crippen LogP contribution in [0.2, 0.25) is 0 Å². The molecule has 0 bridgehead atoms. The number of anilines is 3. The van der Waals surface area contributed by atoms with Crippen molar-refractivity contribution in [1.29, 1.82) is 0 Å². The molecule has 0 amide bonds. The third-order valence-corrected chi connectivity index (χ3v) is 13.0. The van der Waals surface area contributed by atoms with E-state index in [1.807, 2.05) is 0 Å². The monoisotopic (exact) mass is 840 g/mol. The van der Waals surface area contributed by atoms with E-state index >= 15 is 0 Å². The molecule has 2 heteroatoms. The van der Waals surface area contributed by atoms with Gasteiger partial charge in [0.25, 0.3) is 0 Å². The summed E-state index contributed by atoms with van der Waals surface area (Å²) in [5, 5.41) is 5.00. The molecule has 0 saturated carbocycles. The van der Waals surface area contributed by atoms with Crippen LogP contribution >= 0.6 is 0 Å². The molecule has 0 saturated heterocycles. The van der Waals surface area contributed by atoms with Gasteiger partial charge in [0, 0.05) is 33.3 Å². The second-order valence-electron chi connectivity index (χ2n) is 16.9. The molecule has 0 atom stereocenters. The van der Waals surface area contributed by atoms with Crippen LogP contribution in [0.15, 0.2) is 267 Å². The van der Waals surface area contributed by atoms with Crippen molar-refractivity contribution in [3.8, 4) is 61.3 Å². The first-order chi connectivity index (χ1) is 32.7. The molecule has 12 aromatic rings. The summed E-state index contributed by atoms with van der Waals surface area (Å²) in [6.45, 7) is 0. The Morgan fingerprint density at radius 2 is 0.773 bits per heavy atom. The molecule has 1 heterocycles. The van der Waals surface area contributed by atoms with E-state index in [0.29, 0.717) is 0 Å². The van der Waals surface area contributed by atoms with Gasteiger partial charge in [-0.05, 0) is 122 Å². The molecular weight excluding hydrogens is 797 g/mol. The van der Waals surface area contributed by atoms with Crippen molar-refractivity contribution in [1.82, 2.24) is 4.57 Å². The highest BCUT2D eigenvalue weighted by Crippen LogP contribution is 2.45. The van der Waals surface area contributed by atoms with Crippen molar-refractivity contribution in [2.75, 3.05) is 4.90 Å². The maximum Gasteiger partial charge on any atom is 0.0541 e. The van der Waals surface area contributed by atoms with Gasteiger partial charge in [0.2, 0.25) is 0 Å². The third-order valence-electron chi connectivity index (χ3n) is 13.0. The van der Waals surface area contributed by atoms with E-state index in [-0.39, 0.29) is 0 Å². The van der Waals surface area contributed by atoms with Crippen molar-refractivity contribution >= 4 is 49.6 Å². The molecule has 0 spiro atoms. The average molecular weight is 841 g/mol. The lowest BCUT2D eigenvalue weighted by atomic mass is 9.94. The van der Waals surface area contributed by atoms with E-state index in [9.17, 15) is 0 Å². The van der Waals surface area contributed by atoms with Crippen LogP contribution in [-0.2, 0) is 0 Å². The van der Waals surface area contributed by atoms with Crippen LogP contribution in [0.25, 0.3) is 93.9 Å². The number of aromatic nitrogens is 1. The highest BCUT2D eigenvalue weighted by molar-refractivity contribution is 6.10. The Kier molecular flexibility index (Phi) is 9.89. The van der Waals surface area contributed by atoms with E-state index in [0.717, 1.165) is 39.4 Å². The lowest BCUT2D eigenvalue weighted by Crippen LogP contribution is -2.11. The van der Waals surface area contributed by atoms with Gasteiger partial charge >= 0.3 is 0 Å². The van der Waals surface area contributed by atoms with Crippen molar-refractivity contribution in [3.63, 3.8) is 0 Å². The van der Waals surface area contributed by atoms with Crippen molar-refractivity contribution < 1.29 is 0 Å². The number of benzene rings is 11. The maximum atomic E-state index is 2.43. The van der Waals surface area contributed by atoms with Crippen LogP contribution in [0.5, 0.6) is 0 Å². The molecule has 0 aliphatic heterocycles. The van der Waals surface area contributed by atoms with Crippen molar-refractivity contribution in [2.24, 2.45) is 0 Å². The normalized spacial score (nSPS) is 11.3. The van der Waals surface area contributed by atoms with Gasteiger partial charge in [-0.1, -0.05) is 200 Å². The second-order valence-corrected chi connectivity index (χ2v) is 16.9. The van der Waals surface area contributed by atoms with Crippen LogP contribution in [-0.4, -0.2) is 4.57 Å². The summed E-state index contributed by atoms with van der Waals surface area (Å²) in [6, 6.07) is 97.0. The molecule has 11 aromatic carbocycles. The lowest BCUT2D eigenvalue weighted by Gasteiger charge is -2.29. The first-order valence-corrected chi connectivity index (χ1v) is 22.7. The molecule has 310 valence electrons. The summed E-state index contributed by atoms with van der Waals surface area (Å²) < 4.78 is 2.43. The van der Waals surface area contributed by atoms with Gasteiger partial charge in [-0.2, -0.15) is 0 Å². The molecule has 66 heavy (non-hydrogen) atoms. The van der Waals surface area contributed by atoms with E-state index in [1.165, 1.54) is 71.5 Å². The summed E-state index contributed by atoms with van der Waals surface area (Å²) >= 11 is 0. The van der Waals surface area contributed by atoms with E-state index < -0.39 is 0 Å². The van der Waals surface area contributed by atoms with Crippen LogP contribution in [0.1, 0.15) is 0 Å². The fourth-order valence-corrected chi connectivity index (χ4v) is 9.77. The quantitative estimate of drug-likeness (QED) is 0.141. The maximum absolute atomic E-state index is 2.43. The lowest BCUT2D eigenvalue weighted by molar-refractivity contribution is 1.18. The summed E-state index contributed by atoms with van der Waals surface area (Å²) in [7, 11) is 0. The number of para-hydroxylation sites is 3. The van der Waals surface area contributed by atoms with Crippen LogP contribution in [0.4, 0.5) is 17.1 Å². The van der Waals surface area contributed by atoms with Gasteiger partial charge in [-0.25, -0.2) is 0 Å². The summed E-state index contributed by atoms with van der Waals surface area (Å²) in [5.41, 5.74) is 18.5. The first-order valence-electron chi connectivity index (χ1n) is 22.7. The minimum atomic E-state index is 1.07. The van der Waals surface area contributed by atoms with Gasteiger partial charge in [-0.15, -0.1) is 0 Å². The molecule has 0 fully saturated rings. The van der Waals surface area contributed by atoms with Crippen molar-refractivity contribution in [2.45, 2.75) is 0 Å². The molecule has 0 aliphatic carbocycles. The molecule has 0 unspecified atom stereocenters. The van der Waals surface area contributed by atoms with Gasteiger partial charge in [0.15, 0.2) is 0 Å². The zero-order valence-electron chi connectivity index (χ0n) is 36.3. The standard InChI is InChI=1S/C64H44N2/c1-3-17-45(18-4-1)52-25-16-26-56(43-52)65(55-38-35-47(36-39-55)50-23-15-24-51(41-50)53-34-33-46-19-7-8-22-49(46)42-53)64-40-37-54(44-60(64)48-20-5-2-6-21-48)57-27-9-12-30-61(57)66-62-31-13-10-28-58(62)59-29-11-14-32-63(59)66/h1-44H. The predicted molar refractivity (Wildman–Crippen MR) is 280 cm³/mol. The Labute approximate surface area is 385 Å². The smallest absolute Gasteiger partial charge is 0.0541 e. The average Bonchev–Trinajstić information content (AvgIpc) is 3.74. The zero-order chi connectivity index (χ0) is 43.8. The number of rotatable bonds is 9. The van der Waals surface area contributed by atoms with Crippen LogP contribution in [0, 0.1) is 0 Å². The van der Waals surface area contributed by atoms with Gasteiger partial charge in [0.05, 0.1) is 22.4 Å². The van der Waals surface area contributed by atoms with Gasteiger partial charge in [-0.3, -0.25) is 0 Å². The SMILES string of the molecule is c1ccc(-c2cccc(N(c3ccc(-c4cccc(-c5ccc6ccccc6c5)c4)cc3)c3ccc(-c4ccccc4-n4c5ccccc5c5ccccc54)cc3-c3ccccc3)c2)cc1. The molecular formula is C64H44N2.